The van der Waals surface area contributed by atoms with Crippen LogP contribution in [0.25, 0.3) is 0 Å². The van der Waals surface area contributed by atoms with Crippen LogP contribution in [0.4, 0.5) is 0 Å². The molecule has 3 heterocycles. The predicted octanol–water partition coefficient (Wildman–Crippen LogP) is 4.33. The van der Waals surface area contributed by atoms with Crippen LogP contribution >= 0.6 is 23.4 Å². The van der Waals surface area contributed by atoms with Gasteiger partial charge < -0.3 is 24.5 Å². The first-order valence-electron chi connectivity index (χ1n) is 13.2. The van der Waals surface area contributed by atoms with Crippen LogP contribution in [-0.2, 0) is 11.3 Å². The number of carbonyl (C=O) groups is 1. The molecule has 206 valence electrons. The Kier molecular flexibility index (Phi) is 8.28. The summed E-state index contributed by atoms with van der Waals surface area (Å²) in [5, 5.41) is 3.24. The summed E-state index contributed by atoms with van der Waals surface area (Å²) in [6, 6.07) is 4.15. The number of aromatic amines is 1. The van der Waals surface area contributed by atoms with Gasteiger partial charge in [-0.3, -0.25) is 14.5 Å². The van der Waals surface area contributed by atoms with Crippen LogP contribution in [0, 0.1) is 19.8 Å². The maximum atomic E-state index is 13.2. The van der Waals surface area contributed by atoms with E-state index >= 15 is 0 Å². The fraction of sp³-hybridized carbons (Fsp3) is 0.571. The van der Waals surface area contributed by atoms with Crippen molar-refractivity contribution in [2.45, 2.75) is 69.2 Å². The minimum Gasteiger partial charge on any atom is -0.484 e. The van der Waals surface area contributed by atoms with Gasteiger partial charge in [-0.05, 0) is 63.8 Å². The smallest absolute Gasteiger partial charge is 0.254 e. The molecule has 0 bridgehead atoms. The molecule has 1 aromatic heterocycles. The molecule has 2 aliphatic heterocycles. The van der Waals surface area contributed by atoms with Crippen molar-refractivity contribution in [1.29, 1.82) is 0 Å². The number of thioether (sulfide) groups is 1. The number of halogens is 1. The zero-order valence-electron chi connectivity index (χ0n) is 22.4. The van der Waals surface area contributed by atoms with E-state index in [1.165, 1.54) is 11.8 Å². The summed E-state index contributed by atoms with van der Waals surface area (Å²) in [5.41, 5.74) is 2.23. The van der Waals surface area contributed by atoms with Gasteiger partial charge in [0.15, 0.2) is 11.5 Å². The molecule has 1 aliphatic carbocycles. The quantitative estimate of drug-likeness (QED) is 0.486. The number of likely N-dealkylation sites (tertiary alicyclic amines) is 1. The number of aryl methyl sites for hydroxylation is 1. The lowest BCUT2D eigenvalue weighted by atomic mass is 9.81. The molecule has 1 aromatic carbocycles. The van der Waals surface area contributed by atoms with Crippen molar-refractivity contribution < 1.29 is 19.0 Å². The normalized spacial score (nSPS) is 23.7. The number of carbonyl (C=O) groups excluding carboxylic acids is 1. The summed E-state index contributed by atoms with van der Waals surface area (Å²) in [5.74, 6) is 1.13. The Balaban J connectivity index is 1.26. The summed E-state index contributed by atoms with van der Waals surface area (Å²) in [6.07, 6.45) is 6.67. The van der Waals surface area contributed by atoms with E-state index in [4.69, 9.17) is 25.8 Å². The SMILES string of the molecule is COC1CN(C2CCC(C3COc4c(Cl)cc(C(=O)NCc5c(SC)cc(C)[nH]c5=O)c(C)c4O3)CC2)C1. The van der Waals surface area contributed by atoms with E-state index in [0.29, 0.717) is 57.9 Å². The molecular formula is C28H36ClN3O5S. The number of hydrogen-bond acceptors (Lipinski definition) is 7. The molecular weight excluding hydrogens is 526 g/mol. The number of nitrogens with zero attached hydrogens (tertiary/aromatic N) is 1. The van der Waals surface area contributed by atoms with Gasteiger partial charge in [-0.15, -0.1) is 11.8 Å². The van der Waals surface area contributed by atoms with Gasteiger partial charge in [0.05, 0.1) is 11.1 Å². The molecule has 8 nitrogen and oxygen atoms in total. The number of ether oxygens (including phenoxy) is 3. The summed E-state index contributed by atoms with van der Waals surface area (Å²) in [6.45, 7) is 6.32. The van der Waals surface area contributed by atoms with E-state index in [0.717, 1.165) is 49.4 Å². The van der Waals surface area contributed by atoms with Crippen LogP contribution in [0.1, 0.15) is 52.9 Å². The number of H-pyrrole nitrogens is 1. The standard InChI is InChI=1S/C28H36ClN3O5S/c1-15-9-24(38-4)21(28(34)31-15)11-30-27(33)20-10-22(29)26-25(16(20)2)37-23(14-36-26)17-5-7-18(8-6-17)32-12-19(13-32)35-3/h9-10,17-19,23H,5-8,11-14H2,1-4H3,(H,30,33)(H,31,34). The van der Waals surface area contributed by atoms with E-state index in [1.54, 1.807) is 13.2 Å². The highest BCUT2D eigenvalue weighted by Crippen LogP contribution is 2.45. The molecule has 0 radical (unpaired) electrons. The van der Waals surface area contributed by atoms with E-state index in [1.807, 2.05) is 26.2 Å². The fourth-order valence-electron chi connectivity index (χ4n) is 5.85. The molecule has 1 amide bonds. The zero-order chi connectivity index (χ0) is 27.0. The van der Waals surface area contributed by atoms with Crippen LogP contribution in [0.3, 0.4) is 0 Å². The van der Waals surface area contributed by atoms with Crippen molar-refractivity contribution in [2.24, 2.45) is 5.92 Å². The Labute approximate surface area is 232 Å². The van der Waals surface area contributed by atoms with Gasteiger partial charge in [0.2, 0.25) is 0 Å². The lowest BCUT2D eigenvalue weighted by molar-refractivity contribution is -0.0649. The summed E-state index contributed by atoms with van der Waals surface area (Å²) in [4.78, 5) is 31.9. The van der Waals surface area contributed by atoms with E-state index < -0.39 is 0 Å². The van der Waals surface area contributed by atoms with Gasteiger partial charge in [0.25, 0.3) is 11.5 Å². The first-order valence-corrected chi connectivity index (χ1v) is 14.8. The molecule has 5 rings (SSSR count). The Morgan fingerprint density at radius 2 is 1.95 bits per heavy atom. The Hall–Kier alpha value is -2.20. The maximum absolute atomic E-state index is 13.2. The number of fused-ring (bicyclic) bond motifs is 1. The second-order valence-electron chi connectivity index (χ2n) is 10.5. The van der Waals surface area contributed by atoms with Crippen molar-refractivity contribution >= 4 is 29.3 Å². The third-order valence-corrected chi connectivity index (χ3v) is 9.30. The highest BCUT2D eigenvalue weighted by molar-refractivity contribution is 7.98. The maximum Gasteiger partial charge on any atom is 0.254 e. The number of amides is 1. The number of hydrogen-bond donors (Lipinski definition) is 2. The van der Waals surface area contributed by atoms with Gasteiger partial charge in [0, 0.05) is 60.1 Å². The molecule has 2 N–H and O–H groups in total. The molecule has 10 heteroatoms. The van der Waals surface area contributed by atoms with Crippen molar-refractivity contribution in [1.82, 2.24) is 15.2 Å². The van der Waals surface area contributed by atoms with Crippen molar-refractivity contribution in [2.75, 3.05) is 33.1 Å². The number of nitrogens with one attached hydrogen (secondary N) is 2. The van der Waals surface area contributed by atoms with E-state index in [-0.39, 0.29) is 24.1 Å². The molecule has 1 unspecified atom stereocenters. The van der Waals surface area contributed by atoms with Gasteiger partial charge in [-0.1, -0.05) is 11.6 Å². The second kappa shape index (κ2) is 11.5. The summed E-state index contributed by atoms with van der Waals surface area (Å²) < 4.78 is 18.0. The van der Waals surface area contributed by atoms with Gasteiger partial charge in [0.1, 0.15) is 12.7 Å². The van der Waals surface area contributed by atoms with Crippen molar-refractivity contribution in [3.8, 4) is 11.5 Å². The minimum atomic E-state index is -0.311. The number of rotatable bonds is 7. The van der Waals surface area contributed by atoms with Crippen LogP contribution in [-0.4, -0.2) is 67.1 Å². The predicted molar refractivity (Wildman–Crippen MR) is 149 cm³/mol. The first-order chi connectivity index (χ1) is 18.3. The van der Waals surface area contributed by atoms with Gasteiger partial charge >= 0.3 is 0 Å². The molecule has 1 saturated carbocycles. The lowest BCUT2D eigenvalue weighted by Crippen LogP contribution is -2.57. The molecule has 38 heavy (non-hydrogen) atoms. The van der Waals surface area contributed by atoms with Crippen LogP contribution in [0.5, 0.6) is 11.5 Å². The summed E-state index contributed by atoms with van der Waals surface area (Å²) in [7, 11) is 1.78. The van der Waals surface area contributed by atoms with Crippen LogP contribution < -0.4 is 20.3 Å². The van der Waals surface area contributed by atoms with Gasteiger partial charge in [-0.25, -0.2) is 0 Å². The minimum absolute atomic E-state index is 0.0742. The fourth-order valence-corrected chi connectivity index (χ4v) is 6.81. The third kappa shape index (κ3) is 5.43. The molecule has 0 spiro atoms. The zero-order valence-corrected chi connectivity index (χ0v) is 24.0. The number of aromatic nitrogens is 1. The Morgan fingerprint density at radius 1 is 1.21 bits per heavy atom. The lowest BCUT2D eigenvalue weighted by Gasteiger charge is -2.46. The Bertz CT molecular complexity index is 1250. The monoisotopic (exact) mass is 561 g/mol. The molecule has 3 aliphatic rings. The molecule has 1 saturated heterocycles. The van der Waals surface area contributed by atoms with Crippen molar-refractivity contribution in [3.05, 3.63) is 49.9 Å². The van der Waals surface area contributed by atoms with Crippen LogP contribution in [0.2, 0.25) is 5.02 Å². The van der Waals surface area contributed by atoms with Gasteiger partial charge in [-0.2, -0.15) is 0 Å². The average Bonchev–Trinajstić information content (AvgIpc) is 2.89. The summed E-state index contributed by atoms with van der Waals surface area (Å²) >= 11 is 8.02. The number of methoxy groups -OCH3 is 1. The first kappa shape index (κ1) is 27.4. The molecule has 1 atom stereocenters. The largest absolute Gasteiger partial charge is 0.484 e. The van der Waals surface area contributed by atoms with E-state index in [9.17, 15) is 9.59 Å². The third-order valence-electron chi connectivity index (χ3n) is 8.21. The topological polar surface area (TPSA) is 92.9 Å². The number of benzene rings is 1. The van der Waals surface area contributed by atoms with Crippen molar-refractivity contribution in [3.63, 3.8) is 0 Å². The molecule has 2 fully saturated rings. The average molecular weight is 562 g/mol. The highest BCUT2D eigenvalue weighted by atomic mass is 35.5. The van der Waals surface area contributed by atoms with Crippen LogP contribution in [0.15, 0.2) is 21.8 Å². The highest BCUT2D eigenvalue weighted by Gasteiger charge is 2.38. The Morgan fingerprint density at radius 3 is 2.63 bits per heavy atom. The second-order valence-corrected chi connectivity index (χ2v) is 11.8. The number of pyridine rings is 1. The molecule has 2 aromatic rings. The van der Waals surface area contributed by atoms with E-state index in [2.05, 4.69) is 15.2 Å².